The van der Waals surface area contributed by atoms with Crippen molar-refractivity contribution < 1.29 is 9.59 Å². The highest BCUT2D eigenvalue weighted by atomic mass is 35.5. The van der Waals surface area contributed by atoms with Crippen molar-refractivity contribution in [3.8, 4) is 0 Å². The summed E-state index contributed by atoms with van der Waals surface area (Å²) in [7, 11) is 0. The van der Waals surface area contributed by atoms with Gasteiger partial charge in [0.25, 0.3) is 5.91 Å². The van der Waals surface area contributed by atoms with E-state index in [9.17, 15) is 9.59 Å². The molecule has 1 atom stereocenters. The van der Waals surface area contributed by atoms with Gasteiger partial charge >= 0.3 is 0 Å². The Hall–Kier alpha value is -1.89. The standard InChI is InChI=1S/C19H22ClN3O2S/c1-13-5-6-15(20)12-16(13)21-18(24)14(2)22-7-9-23(10-8-22)19(25)17-4-3-11-26-17/h3-6,11-12,14H,7-10H2,1-2H3,(H,21,24)/t14-/m0/s1. The minimum absolute atomic E-state index is 0.0617. The maximum Gasteiger partial charge on any atom is 0.264 e. The zero-order chi connectivity index (χ0) is 18.7. The van der Waals surface area contributed by atoms with Gasteiger partial charge in [0, 0.05) is 36.9 Å². The van der Waals surface area contributed by atoms with Crippen molar-refractivity contribution >= 4 is 40.4 Å². The summed E-state index contributed by atoms with van der Waals surface area (Å²) in [6.45, 7) is 6.45. The molecule has 0 unspecified atom stereocenters. The molecule has 0 bridgehead atoms. The molecule has 1 aliphatic rings. The van der Waals surface area contributed by atoms with Gasteiger partial charge in [-0.15, -0.1) is 11.3 Å². The third-order valence-corrected chi connectivity index (χ3v) is 5.81. The Morgan fingerprint density at radius 3 is 2.58 bits per heavy atom. The van der Waals surface area contributed by atoms with Gasteiger partial charge in [0.1, 0.15) is 0 Å². The van der Waals surface area contributed by atoms with E-state index >= 15 is 0 Å². The SMILES string of the molecule is Cc1ccc(Cl)cc1NC(=O)[C@H](C)N1CCN(C(=O)c2cccs2)CC1. The fraction of sp³-hybridized carbons (Fsp3) is 0.368. The summed E-state index contributed by atoms with van der Waals surface area (Å²) in [4.78, 5) is 29.7. The Morgan fingerprint density at radius 1 is 1.19 bits per heavy atom. The number of halogens is 1. The zero-order valence-corrected chi connectivity index (χ0v) is 16.4. The lowest BCUT2D eigenvalue weighted by atomic mass is 10.1. The first-order valence-corrected chi connectivity index (χ1v) is 9.85. The van der Waals surface area contributed by atoms with Crippen LogP contribution in [0.15, 0.2) is 35.7 Å². The molecule has 1 aromatic carbocycles. The second-order valence-corrected chi connectivity index (χ2v) is 7.81. The molecule has 7 heteroatoms. The number of nitrogens with one attached hydrogen (secondary N) is 1. The first-order chi connectivity index (χ1) is 12.5. The van der Waals surface area contributed by atoms with E-state index in [1.165, 1.54) is 11.3 Å². The van der Waals surface area contributed by atoms with Crippen LogP contribution in [-0.4, -0.2) is 53.8 Å². The molecule has 0 saturated carbocycles. The van der Waals surface area contributed by atoms with Crippen LogP contribution in [-0.2, 0) is 4.79 Å². The molecule has 0 aliphatic carbocycles. The quantitative estimate of drug-likeness (QED) is 0.867. The summed E-state index contributed by atoms with van der Waals surface area (Å²) in [6, 6.07) is 8.92. The van der Waals surface area contributed by atoms with Gasteiger partial charge in [0.05, 0.1) is 10.9 Å². The number of carbonyl (C=O) groups excluding carboxylic acids is 2. The highest BCUT2D eigenvalue weighted by molar-refractivity contribution is 7.12. The van der Waals surface area contributed by atoms with E-state index in [4.69, 9.17) is 11.6 Å². The number of thiophene rings is 1. The van der Waals surface area contributed by atoms with Crippen LogP contribution < -0.4 is 5.32 Å². The van der Waals surface area contributed by atoms with Crippen LogP contribution in [0.1, 0.15) is 22.2 Å². The van der Waals surface area contributed by atoms with E-state index in [2.05, 4.69) is 10.2 Å². The van der Waals surface area contributed by atoms with Crippen LogP contribution in [0.3, 0.4) is 0 Å². The minimum Gasteiger partial charge on any atom is -0.335 e. The Labute approximate surface area is 162 Å². The molecule has 26 heavy (non-hydrogen) atoms. The Bertz CT molecular complexity index is 786. The molecule has 0 spiro atoms. The van der Waals surface area contributed by atoms with Crippen LogP contribution >= 0.6 is 22.9 Å². The smallest absolute Gasteiger partial charge is 0.264 e. The number of rotatable bonds is 4. The number of aryl methyl sites for hydroxylation is 1. The number of hydrogen-bond acceptors (Lipinski definition) is 4. The molecule has 5 nitrogen and oxygen atoms in total. The van der Waals surface area contributed by atoms with E-state index < -0.39 is 0 Å². The first kappa shape index (κ1) is 18.9. The maximum atomic E-state index is 12.6. The van der Waals surface area contributed by atoms with Crippen LogP contribution in [0.5, 0.6) is 0 Å². The minimum atomic E-state index is -0.271. The van der Waals surface area contributed by atoms with E-state index in [1.807, 2.05) is 42.3 Å². The summed E-state index contributed by atoms with van der Waals surface area (Å²) in [5, 5.41) is 5.47. The van der Waals surface area contributed by atoms with Gasteiger partial charge in [0.2, 0.25) is 5.91 Å². The maximum absolute atomic E-state index is 12.6. The Morgan fingerprint density at radius 2 is 1.92 bits per heavy atom. The molecule has 2 heterocycles. The van der Waals surface area contributed by atoms with E-state index in [1.54, 1.807) is 12.1 Å². The van der Waals surface area contributed by atoms with Crippen LogP contribution in [0, 0.1) is 6.92 Å². The highest BCUT2D eigenvalue weighted by Gasteiger charge is 2.28. The summed E-state index contributed by atoms with van der Waals surface area (Å²) < 4.78 is 0. The molecule has 1 aliphatic heterocycles. The first-order valence-electron chi connectivity index (χ1n) is 8.59. The lowest BCUT2D eigenvalue weighted by Gasteiger charge is -2.37. The van der Waals surface area contributed by atoms with Gasteiger partial charge in [-0.2, -0.15) is 0 Å². The fourth-order valence-corrected chi connectivity index (χ4v) is 3.86. The predicted octanol–water partition coefficient (Wildman–Crippen LogP) is 3.49. The number of nitrogens with zero attached hydrogens (tertiary/aromatic N) is 2. The molecule has 3 rings (SSSR count). The van der Waals surface area contributed by atoms with E-state index in [-0.39, 0.29) is 17.9 Å². The van der Waals surface area contributed by atoms with Crippen molar-refractivity contribution in [2.75, 3.05) is 31.5 Å². The van der Waals surface area contributed by atoms with E-state index in [0.29, 0.717) is 31.2 Å². The lowest BCUT2D eigenvalue weighted by Crippen LogP contribution is -2.54. The Balaban J connectivity index is 1.56. The fourth-order valence-electron chi connectivity index (χ4n) is 3.00. The topological polar surface area (TPSA) is 52.7 Å². The number of piperazine rings is 1. The predicted molar refractivity (Wildman–Crippen MR) is 106 cm³/mol. The molecule has 1 saturated heterocycles. The number of amides is 2. The largest absolute Gasteiger partial charge is 0.335 e. The van der Waals surface area contributed by atoms with Crippen LogP contribution in [0.2, 0.25) is 5.02 Å². The second-order valence-electron chi connectivity index (χ2n) is 6.43. The van der Waals surface area contributed by atoms with Crippen molar-refractivity contribution in [1.82, 2.24) is 9.80 Å². The average molecular weight is 392 g/mol. The summed E-state index contributed by atoms with van der Waals surface area (Å²) in [6.07, 6.45) is 0. The summed E-state index contributed by atoms with van der Waals surface area (Å²) >= 11 is 7.48. The molecular formula is C19H22ClN3O2S. The average Bonchev–Trinajstić information content (AvgIpc) is 3.18. The van der Waals surface area contributed by atoms with Gasteiger partial charge in [-0.3, -0.25) is 14.5 Å². The number of hydrogen-bond donors (Lipinski definition) is 1. The highest BCUT2D eigenvalue weighted by Crippen LogP contribution is 2.21. The van der Waals surface area contributed by atoms with Crippen molar-refractivity contribution in [1.29, 1.82) is 0 Å². The molecule has 1 aromatic heterocycles. The third-order valence-electron chi connectivity index (χ3n) is 4.72. The van der Waals surface area contributed by atoms with Crippen LogP contribution in [0.25, 0.3) is 0 Å². The molecular weight excluding hydrogens is 370 g/mol. The van der Waals surface area contributed by atoms with Gasteiger partial charge < -0.3 is 10.2 Å². The van der Waals surface area contributed by atoms with Crippen molar-refractivity contribution in [2.24, 2.45) is 0 Å². The molecule has 2 aromatic rings. The molecule has 1 fully saturated rings. The van der Waals surface area contributed by atoms with Gasteiger partial charge in [0.15, 0.2) is 0 Å². The molecule has 138 valence electrons. The normalized spacial score (nSPS) is 16.3. The third kappa shape index (κ3) is 4.26. The number of carbonyl (C=O) groups is 2. The van der Waals surface area contributed by atoms with Gasteiger partial charge in [-0.05, 0) is 43.0 Å². The van der Waals surface area contributed by atoms with Crippen LogP contribution in [0.4, 0.5) is 5.69 Å². The lowest BCUT2D eigenvalue weighted by molar-refractivity contribution is -0.121. The monoisotopic (exact) mass is 391 g/mol. The van der Waals surface area contributed by atoms with E-state index in [0.717, 1.165) is 16.1 Å². The number of anilines is 1. The molecule has 2 amide bonds. The zero-order valence-electron chi connectivity index (χ0n) is 14.9. The second kappa shape index (κ2) is 8.20. The Kier molecular flexibility index (Phi) is 5.96. The number of benzene rings is 1. The van der Waals surface area contributed by atoms with Crippen molar-refractivity contribution in [3.05, 3.63) is 51.2 Å². The summed E-state index contributed by atoms with van der Waals surface area (Å²) in [5.74, 6) is 0.0136. The molecule has 0 radical (unpaired) electrons. The summed E-state index contributed by atoms with van der Waals surface area (Å²) in [5.41, 5.74) is 1.71. The van der Waals surface area contributed by atoms with Crippen molar-refractivity contribution in [3.63, 3.8) is 0 Å². The molecule has 1 N–H and O–H groups in total. The van der Waals surface area contributed by atoms with Gasteiger partial charge in [-0.25, -0.2) is 0 Å². The van der Waals surface area contributed by atoms with Crippen molar-refractivity contribution in [2.45, 2.75) is 19.9 Å². The van der Waals surface area contributed by atoms with Gasteiger partial charge in [-0.1, -0.05) is 23.7 Å².